The molecule has 0 bridgehead atoms. The Hall–Kier alpha value is -0.800. The predicted molar refractivity (Wildman–Crippen MR) is 83.6 cm³/mol. The molecule has 1 aromatic heterocycles. The van der Waals surface area contributed by atoms with Crippen molar-refractivity contribution in [2.75, 3.05) is 13.1 Å². The van der Waals surface area contributed by atoms with Crippen molar-refractivity contribution in [3.63, 3.8) is 0 Å². The van der Waals surface area contributed by atoms with E-state index < -0.39 is 0 Å². The van der Waals surface area contributed by atoms with Crippen LogP contribution in [0.4, 0.5) is 0 Å². The molecular weight excluding hydrogens is 248 g/mol. The molecule has 20 heavy (non-hydrogen) atoms. The van der Waals surface area contributed by atoms with Gasteiger partial charge >= 0.3 is 0 Å². The molecule has 0 spiro atoms. The molecule has 3 nitrogen and oxygen atoms in total. The van der Waals surface area contributed by atoms with E-state index in [1.807, 2.05) is 0 Å². The minimum absolute atomic E-state index is 0.501. The summed E-state index contributed by atoms with van der Waals surface area (Å²) in [5, 5.41) is 3.39. The number of hydrogen-bond donors (Lipinski definition) is 1. The van der Waals surface area contributed by atoms with E-state index in [0.717, 1.165) is 30.5 Å². The van der Waals surface area contributed by atoms with Gasteiger partial charge in [0.25, 0.3) is 0 Å². The fourth-order valence-corrected chi connectivity index (χ4v) is 2.97. The molecule has 0 atom stereocenters. The molecule has 0 amide bonds. The molecule has 0 saturated carbocycles. The summed E-state index contributed by atoms with van der Waals surface area (Å²) in [7, 11) is 0. The standard InChI is InChI=1S/C17H30N2O/c1-4-5-15-8-10-19(11-9-15)13-17-7-6-16(20-17)12-18-14(2)3/h6-7,14-15,18H,4-5,8-13H2,1-3H3. The highest BCUT2D eigenvalue weighted by Gasteiger charge is 2.19. The second-order valence-electron chi connectivity index (χ2n) is 6.41. The molecule has 1 aliphatic heterocycles. The third-order valence-corrected chi connectivity index (χ3v) is 4.19. The number of nitrogens with zero attached hydrogens (tertiary/aromatic N) is 1. The highest BCUT2D eigenvalue weighted by molar-refractivity contribution is 5.07. The van der Waals surface area contributed by atoms with Crippen LogP contribution in [0.15, 0.2) is 16.5 Å². The summed E-state index contributed by atoms with van der Waals surface area (Å²) >= 11 is 0. The number of hydrogen-bond acceptors (Lipinski definition) is 3. The van der Waals surface area contributed by atoms with Crippen LogP contribution in [0.1, 0.15) is 58.0 Å². The summed E-state index contributed by atoms with van der Waals surface area (Å²) < 4.78 is 5.91. The number of rotatable bonds is 7. The summed E-state index contributed by atoms with van der Waals surface area (Å²) in [4.78, 5) is 2.53. The Morgan fingerprint density at radius 2 is 1.95 bits per heavy atom. The average Bonchev–Trinajstić information content (AvgIpc) is 2.87. The van der Waals surface area contributed by atoms with Gasteiger partial charge in [-0.1, -0.05) is 33.6 Å². The van der Waals surface area contributed by atoms with Gasteiger partial charge < -0.3 is 9.73 Å². The fraction of sp³-hybridized carbons (Fsp3) is 0.765. The van der Waals surface area contributed by atoms with Gasteiger partial charge in [0.1, 0.15) is 11.5 Å². The van der Waals surface area contributed by atoms with Gasteiger partial charge in [-0.2, -0.15) is 0 Å². The molecule has 0 radical (unpaired) electrons. The Kier molecular flexibility index (Phi) is 6.11. The smallest absolute Gasteiger partial charge is 0.118 e. The van der Waals surface area contributed by atoms with Crippen LogP contribution in [-0.2, 0) is 13.1 Å². The molecule has 0 unspecified atom stereocenters. The van der Waals surface area contributed by atoms with Crippen LogP contribution in [0.5, 0.6) is 0 Å². The van der Waals surface area contributed by atoms with Crippen molar-refractivity contribution in [1.29, 1.82) is 0 Å². The van der Waals surface area contributed by atoms with Gasteiger partial charge in [-0.05, 0) is 44.0 Å². The van der Waals surface area contributed by atoms with E-state index in [1.54, 1.807) is 0 Å². The highest BCUT2D eigenvalue weighted by Crippen LogP contribution is 2.23. The van der Waals surface area contributed by atoms with Crippen LogP contribution in [0.3, 0.4) is 0 Å². The molecule has 0 aromatic carbocycles. The van der Waals surface area contributed by atoms with E-state index in [0.29, 0.717) is 6.04 Å². The molecule has 3 heteroatoms. The minimum Gasteiger partial charge on any atom is -0.463 e. The molecule has 1 N–H and O–H groups in total. The van der Waals surface area contributed by atoms with E-state index in [1.165, 1.54) is 38.8 Å². The Morgan fingerprint density at radius 3 is 2.60 bits per heavy atom. The Morgan fingerprint density at radius 1 is 1.25 bits per heavy atom. The zero-order valence-corrected chi connectivity index (χ0v) is 13.3. The fourth-order valence-electron chi connectivity index (χ4n) is 2.97. The van der Waals surface area contributed by atoms with Crippen molar-refractivity contribution in [3.8, 4) is 0 Å². The van der Waals surface area contributed by atoms with E-state index in [2.05, 4.69) is 43.1 Å². The first kappa shape index (κ1) is 15.6. The molecule has 1 aliphatic rings. The Bertz CT molecular complexity index is 378. The molecule has 1 fully saturated rings. The lowest BCUT2D eigenvalue weighted by molar-refractivity contribution is 0.160. The molecule has 2 heterocycles. The van der Waals surface area contributed by atoms with Crippen LogP contribution in [0, 0.1) is 5.92 Å². The number of piperidine rings is 1. The summed E-state index contributed by atoms with van der Waals surface area (Å²) in [6, 6.07) is 4.74. The van der Waals surface area contributed by atoms with Crippen LogP contribution in [0.2, 0.25) is 0 Å². The molecular formula is C17H30N2O. The molecule has 2 rings (SSSR count). The first-order valence-corrected chi connectivity index (χ1v) is 8.20. The van der Waals surface area contributed by atoms with Crippen molar-refractivity contribution < 1.29 is 4.42 Å². The number of furan rings is 1. The first-order valence-electron chi connectivity index (χ1n) is 8.20. The van der Waals surface area contributed by atoms with Crippen LogP contribution in [-0.4, -0.2) is 24.0 Å². The van der Waals surface area contributed by atoms with Gasteiger partial charge in [-0.3, -0.25) is 4.90 Å². The van der Waals surface area contributed by atoms with E-state index in [4.69, 9.17) is 4.42 Å². The van der Waals surface area contributed by atoms with Crippen molar-refractivity contribution in [3.05, 3.63) is 23.7 Å². The number of nitrogens with one attached hydrogen (secondary N) is 1. The number of likely N-dealkylation sites (tertiary alicyclic amines) is 1. The maximum atomic E-state index is 5.91. The zero-order chi connectivity index (χ0) is 14.4. The van der Waals surface area contributed by atoms with E-state index >= 15 is 0 Å². The van der Waals surface area contributed by atoms with E-state index in [9.17, 15) is 0 Å². The zero-order valence-electron chi connectivity index (χ0n) is 13.3. The lowest BCUT2D eigenvalue weighted by Crippen LogP contribution is -2.33. The van der Waals surface area contributed by atoms with Crippen molar-refractivity contribution >= 4 is 0 Å². The predicted octanol–water partition coefficient (Wildman–Crippen LogP) is 3.79. The molecule has 1 aromatic rings. The third kappa shape index (κ3) is 4.95. The highest BCUT2D eigenvalue weighted by atomic mass is 16.3. The normalized spacial score (nSPS) is 18.0. The Balaban J connectivity index is 1.74. The van der Waals surface area contributed by atoms with Gasteiger partial charge in [-0.15, -0.1) is 0 Å². The van der Waals surface area contributed by atoms with Crippen LogP contribution < -0.4 is 5.32 Å². The largest absolute Gasteiger partial charge is 0.463 e. The summed E-state index contributed by atoms with van der Waals surface area (Å²) in [5.74, 6) is 3.12. The second-order valence-corrected chi connectivity index (χ2v) is 6.41. The summed E-state index contributed by atoms with van der Waals surface area (Å²) in [6.45, 7) is 10.9. The average molecular weight is 278 g/mol. The van der Waals surface area contributed by atoms with Crippen LogP contribution >= 0.6 is 0 Å². The third-order valence-electron chi connectivity index (χ3n) is 4.19. The van der Waals surface area contributed by atoms with Gasteiger partial charge in [0.05, 0.1) is 13.1 Å². The Labute approximate surface area is 123 Å². The SMILES string of the molecule is CCCC1CCN(Cc2ccc(CNC(C)C)o2)CC1. The van der Waals surface area contributed by atoms with Gasteiger partial charge in [0, 0.05) is 6.04 Å². The maximum absolute atomic E-state index is 5.91. The molecule has 1 saturated heterocycles. The van der Waals surface area contributed by atoms with Gasteiger partial charge in [-0.25, -0.2) is 0 Å². The second kappa shape index (κ2) is 7.84. The van der Waals surface area contributed by atoms with Crippen LogP contribution in [0.25, 0.3) is 0 Å². The lowest BCUT2D eigenvalue weighted by atomic mass is 9.92. The van der Waals surface area contributed by atoms with Crippen molar-refractivity contribution in [1.82, 2.24) is 10.2 Å². The molecule has 0 aliphatic carbocycles. The van der Waals surface area contributed by atoms with Gasteiger partial charge in [0.2, 0.25) is 0 Å². The molecule has 114 valence electrons. The quantitative estimate of drug-likeness (QED) is 0.822. The minimum atomic E-state index is 0.501. The summed E-state index contributed by atoms with van der Waals surface area (Å²) in [5.41, 5.74) is 0. The van der Waals surface area contributed by atoms with Gasteiger partial charge in [0.15, 0.2) is 0 Å². The summed E-state index contributed by atoms with van der Waals surface area (Å²) in [6.07, 6.45) is 5.45. The van der Waals surface area contributed by atoms with Crippen molar-refractivity contribution in [2.24, 2.45) is 5.92 Å². The van der Waals surface area contributed by atoms with Crippen molar-refractivity contribution in [2.45, 2.75) is 65.6 Å². The monoisotopic (exact) mass is 278 g/mol. The maximum Gasteiger partial charge on any atom is 0.118 e. The lowest BCUT2D eigenvalue weighted by Gasteiger charge is -2.31. The first-order chi connectivity index (χ1) is 9.67. The van der Waals surface area contributed by atoms with E-state index in [-0.39, 0.29) is 0 Å². The topological polar surface area (TPSA) is 28.4 Å².